The van der Waals surface area contributed by atoms with Gasteiger partial charge in [0.15, 0.2) is 0 Å². The number of hydrogen-bond donors (Lipinski definition) is 0. The summed E-state index contributed by atoms with van der Waals surface area (Å²) < 4.78 is 9.05. The molecule has 0 bridgehead atoms. The second-order valence-electron chi connectivity index (χ2n) is 14.1. The van der Waals surface area contributed by atoms with Crippen LogP contribution in [0.15, 0.2) is 205 Å². The highest BCUT2D eigenvalue weighted by Crippen LogP contribution is 2.43. The SMILES string of the molecule is c1cc(-c2cccc3c2sc2ccccc23)cc(N(c2ccc(-c3ccc4ccccc4c3)cc2)c2ccc(-c3cccc4c3oc3ccccc34)cc2)c1. The third-order valence-corrected chi connectivity index (χ3v) is 12.1. The first-order chi connectivity index (χ1) is 27.2. The first-order valence-corrected chi connectivity index (χ1v) is 19.5. The van der Waals surface area contributed by atoms with E-state index in [9.17, 15) is 0 Å². The summed E-state index contributed by atoms with van der Waals surface area (Å²) >= 11 is 1.87. The van der Waals surface area contributed by atoms with Gasteiger partial charge in [-0.05, 0) is 93.2 Å². The minimum absolute atomic E-state index is 0.908. The van der Waals surface area contributed by atoms with Crippen molar-refractivity contribution >= 4 is 81.3 Å². The van der Waals surface area contributed by atoms with Crippen LogP contribution in [0.2, 0.25) is 0 Å². The van der Waals surface area contributed by atoms with Gasteiger partial charge in [-0.15, -0.1) is 11.3 Å². The molecule has 2 heterocycles. The molecule has 0 aliphatic carbocycles. The standard InChI is InChI=1S/C52H33NOS/c1-2-11-37-32-38(23-22-34(37)10-1)35-24-28-40(29-25-35)53(41-30-26-36(27-31-41)43-16-8-18-47-45-14-3-5-20-49(45)54-51(43)47)42-13-7-12-39(33-42)44-17-9-19-48-46-15-4-6-21-50(46)55-52(44)48/h1-33H. The van der Waals surface area contributed by atoms with Crippen LogP contribution in [-0.4, -0.2) is 0 Å². The number of para-hydroxylation sites is 2. The fourth-order valence-corrected chi connectivity index (χ4v) is 9.41. The Bertz CT molecular complexity index is 3210. The van der Waals surface area contributed by atoms with E-state index in [4.69, 9.17) is 4.42 Å². The maximum atomic E-state index is 6.42. The molecule has 11 aromatic rings. The van der Waals surface area contributed by atoms with Crippen molar-refractivity contribution in [3.63, 3.8) is 0 Å². The van der Waals surface area contributed by atoms with Crippen LogP contribution >= 0.6 is 11.3 Å². The van der Waals surface area contributed by atoms with Gasteiger partial charge in [0, 0.05) is 53.6 Å². The number of benzene rings is 9. The van der Waals surface area contributed by atoms with Crippen molar-refractivity contribution in [3.05, 3.63) is 200 Å². The Morgan fingerprint density at radius 2 is 1.00 bits per heavy atom. The quantitative estimate of drug-likeness (QED) is 0.170. The second kappa shape index (κ2) is 12.9. The molecule has 3 heteroatoms. The monoisotopic (exact) mass is 719 g/mol. The minimum atomic E-state index is 0.908. The molecule has 9 aromatic carbocycles. The first-order valence-electron chi connectivity index (χ1n) is 18.7. The van der Waals surface area contributed by atoms with Gasteiger partial charge in [0.2, 0.25) is 0 Å². The van der Waals surface area contributed by atoms with Crippen molar-refractivity contribution in [3.8, 4) is 33.4 Å². The highest BCUT2D eigenvalue weighted by molar-refractivity contribution is 7.26. The Hall–Kier alpha value is -6.94. The van der Waals surface area contributed by atoms with Crippen LogP contribution < -0.4 is 4.90 Å². The number of hydrogen-bond acceptors (Lipinski definition) is 3. The Morgan fingerprint density at radius 3 is 1.84 bits per heavy atom. The Balaban J connectivity index is 1.03. The zero-order chi connectivity index (χ0) is 36.3. The van der Waals surface area contributed by atoms with Gasteiger partial charge in [-0.25, -0.2) is 0 Å². The van der Waals surface area contributed by atoms with Gasteiger partial charge < -0.3 is 9.32 Å². The molecule has 0 N–H and O–H groups in total. The highest BCUT2D eigenvalue weighted by atomic mass is 32.1. The van der Waals surface area contributed by atoms with Gasteiger partial charge in [0.1, 0.15) is 11.2 Å². The van der Waals surface area contributed by atoms with Crippen LogP contribution in [0.5, 0.6) is 0 Å². The molecule has 0 unspecified atom stereocenters. The normalized spacial score (nSPS) is 11.6. The lowest BCUT2D eigenvalue weighted by Crippen LogP contribution is -2.10. The molecule has 258 valence electrons. The third kappa shape index (κ3) is 5.40. The molecule has 0 radical (unpaired) electrons. The number of anilines is 3. The van der Waals surface area contributed by atoms with Gasteiger partial charge in [-0.3, -0.25) is 0 Å². The van der Waals surface area contributed by atoms with Crippen molar-refractivity contribution < 1.29 is 4.42 Å². The van der Waals surface area contributed by atoms with Crippen LogP contribution in [0.25, 0.3) is 86.3 Å². The first kappa shape index (κ1) is 31.6. The van der Waals surface area contributed by atoms with Crippen molar-refractivity contribution in [2.75, 3.05) is 4.90 Å². The molecule has 2 nitrogen and oxygen atoms in total. The van der Waals surface area contributed by atoms with Gasteiger partial charge in [-0.2, -0.15) is 0 Å². The van der Waals surface area contributed by atoms with E-state index < -0.39 is 0 Å². The van der Waals surface area contributed by atoms with E-state index in [1.807, 2.05) is 23.5 Å². The molecule has 11 rings (SSSR count). The van der Waals surface area contributed by atoms with Crippen molar-refractivity contribution in [2.24, 2.45) is 0 Å². The Morgan fingerprint density at radius 1 is 0.364 bits per heavy atom. The van der Waals surface area contributed by atoms with Crippen molar-refractivity contribution in [1.29, 1.82) is 0 Å². The lowest BCUT2D eigenvalue weighted by molar-refractivity contribution is 0.670. The Kier molecular flexibility index (Phi) is 7.39. The third-order valence-electron chi connectivity index (χ3n) is 10.9. The van der Waals surface area contributed by atoms with E-state index in [1.54, 1.807) is 0 Å². The second-order valence-corrected chi connectivity index (χ2v) is 15.2. The fraction of sp³-hybridized carbons (Fsp3) is 0. The molecule has 0 atom stereocenters. The van der Waals surface area contributed by atoms with Gasteiger partial charge >= 0.3 is 0 Å². The molecule has 2 aromatic heterocycles. The molecular formula is C52H33NOS. The van der Waals surface area contributed by atoms with Gasteiger partial charge in [0.05, 0.1) is 0 Å². The molecule has 0 fully saturated rings. The molecule has 0 spiro atoms. The lowest BCUT2D eigenvalue weighted by atomic mass is 9.99. The van der Waals surface area contributed by atoms with E-state index in [0.29, 0.717) is 0 Å². The number of nitrogens with zero attached hydrogens (tertiary/aromatic N) is 1. The van der Waals surface area contributed by atoms with Crippen molar-refractivity contribution in [2.45, 2.75) is 0 Å². The summed E-state index contributed by atoms with van der Waals surface area (Å²) in [6.45, 7) is 0. The zero-order valence-electron chi connectivity index (χ0n) is 29.8. The molecule has 0 aliphatic rings. The number of rotatable bonds is 6. The maximum absolute atomic E-state index is 6.42. The topological polar surface area (TPSA) is 16.4 Å². The number of fused-ring (bicyclic) bond motifs is 7. The fourth-order valence-electron chi connectivity index (χ4n) is 8.17. The van der Waals surface area contributed by atoms with E-state index in [1.165, 1.54) is 53.2 Å². The summed E-state index contributed by atoms with van der Waals surface area (Å²) in [5.74, 6) is 0. The van der Waals surface area contributed by atoms with E-state index in [2.05, 4.69) is 193 Å². The maximum Gasteiger partial charge on any atom is 0.143 e. The van der Waals surface area contributed by atoms with E-state index >= 15 is 0 Å². The smallest absolute Gasteiger partial charge is 0.143 e. The van der Waals surface area contributed by atoms with Gasteiger partial charge in [-0.1, -0.05) is 146 Å². The zero-order valence-corrected chi connectivity index (χ0v) is 30.6. The largest absolute Gasteiger partial charge is 0.455 e. The lowest BCUT2D eigenvalue weighted by Gasteiger charge is -2.26. The minimum Gasteiger partial charge on any atom is -0.455 e. The van der Waals surface area contributed by atoms with E-state index in [0.717, 1.165) is 50.1 Å². The summed E-state index contributed by atoms with van der Waals surface area (Å²) in [7, 11) is 0. The molecule has 55 heavy (non-hydrogen) atoms. The van der Waals surface area contributed by atoms with Crippen LogP contribution in [-0.2, 0) is 0 Å². The van der Waals surface area contributed by atoms with Crippen LogP contribution in [0.1, 0.15) is 0 Å². The van der Waals surface area contributed by atoms with Crippen LogP contribution in [0.3, 0.4) is 0 Å². The van der Waals surface area contributed by atoms with Gasteiger partial charge in [0.25, 0.3) is 0 Å². The summed E-state index contributed by atoms with van der Waals surface area (Å²) in [5, 5.41) is 7.39. The van der Waals surface area contributed by atoms with Crippen LogP contribution in [0.4, 0.5) is 17.1 Å². The average molecular weight is 720 g/mol. The Labute approximate surface area is 322 Å². The summed E-state index contributed by atoms with van der Waals surface area (Å²) in [6.07, 6.45) is 0. The molecule has 0 saturated carbocycles. The van der Waals surface area contributed by atoms with E-state index in [-0.39, 0.29) is 0 Å². The summed E-state index contributed by atoms with van der Waals surface area (Å²) in [5.41, 5.74) is 12.1. The summed E-state index contributed by atoms with van der Waals surface area (Å²) in [6, 6.07) is 72.2. The average Bonchev–Trinajstić information content (AvgIpc) is 3.83. The summed E-state index contributed by atoms with van der Waals surface area (Å²) in [4.78, 5) is 2.37. The van der Waals surface area contributed by atoms with Crippen molar-refractivity contribution in [1.82, 2.24) is 0 Å². The number of thiophene rings is 1. The molecule has 0 aliphatic heterocycles. The highest BCUT2D eigenvalue weighted by Gasteiger charge is 2.17. The molecule has 0 amide bonds. The molecular weight excluding hydrogens is 687 g/mol. The predicted octanol–water partition coefficient (Wildman–Crippen LogP) is 15.6. The van der Waals surface area contributed by atoms with Crippen LogP contribution in [0, 0.1) is 0 Å². The molecule has 0 saturated heterocycles. The number of furan rings is 1. The predicted molar refractivity (Wildman–Crippen MR) is 235 cm³/mol.